The Bertz CT molecular complexity index is 321. The number of allylic oxidation sites excluding steroid dienone is 3. The van der Waals surface area contributed by atoms with Gasteiger partial charge in [0.25, 0.3) is 0 Å². The topological polar surface area (TPSA) is 29.5 Å². The van der Waals surface area contributed by atoms with E-state index in [0.717, 1.165) is 6.54 Å². The largest absolute Gasteiger partial charge is 0.455 e. The van der Waals surface area contributed by atoms with Crippen LogP contribution in [-0.2, 0) is 4.74 Å². The fraction of sp³-hybridized carbons (Fsp3) is 0.364. The lowest BCUT2D eigenvalue weighted by Crippen LogP contribution is -2.29. The molecule has 4 heteroatoms. The molecule has 1 aliphatic rings. The molecule has 0 radical (unpaired) electrons. The lowest BCUT2D eigenvalue weighted by molar-refractivity contribution is 0.163. The van der Waals surface area contributed by atoms with Gasteiger partial charge in [0.15, 0.2) is 0 Å². The molecular weight excluding hydrogens is 258 g/mol. The Labute approximate surface area is 98.2 Å². The predicted octanol–water partition coefficient (Wildman–Crippen LogP) is 2.85. The van der Waals surface area contributed by atoms with Gasteiger partial charge in [0.05, 0.1) is 6.54 Å². The number of carbonyl (C=O) groups is 1. The molecule has 0 aromatic carbocycles. The van der Waals surface area contributed by atoms with Crippen molar-refractivity contribution in [1.82, 2.24) is 4.90 Å². The minimum Gasteiger partial charge on any atom is -0.455 e. The molecule has 0 atom stereocenters. The molecule has 0 spiro atoms. The van der Waals surface area contributed by atoms with Gasteiger partial charge in [0, 0.05) is 28.2 Å². The van der Waals surface area contributed by atoms with E-state index in [2.05, 4.69) is 33.5 Å². The number of carbonyl (C=O) groups excluding carboxylic acids is 1. The van der Waals surface area contributed by atoms with Gasteiger partial charge in [-0.25, -0.2) is 4.79 Å². The maximum atomic E-state index is 10.5. The third-order valence-corrected chi connectivity index (χ3v) is 2.48. The summed E-state index contributed by atoms with van der Waals surface area (Å²) in [7, 11) is 0. The van der Waals surface area contributed by atoms with Gasteiger partial charge in [0.1, 0.15) is 6.61 Å². The molecule has 0 aliphatic carbocycles. The summed E-state index contributed by atoms with van der Waals surface area (Å²) in [6.45, 7) is 7.68. The van der Waals surface area contributed by atoms with Gasteiger partial charge in [-0.15, -0.1) is 0 Å². The van der Waals surface area contributed by atoms with Crippen molar-refractivity contribution < 1.29 is 9.53 Å². The highest BCUT2D eigenvalue weighted by molar-refractivity contribution is 9.18. The Morgan fingerprint density at radius 3 is 3.07 bits per heavy atom. The van der Waals surface area contributed by atoms with Crippen molar-refractivity contribution in [2.75, 3.05) is 19.7 Å². The van der Waals surface area contributed by atoms with Gasteiger partial charge in [0.2, 0.25) is 0 Å². The first kappa shape index (κ1) is 12.0. The molecule has 0 fully saturated rings. The van der Waals surface area contributed by atoms with Crippen LogP contribution in [0.3, 0.4) is 0 Å². The summed E-state index contributed by atoms with van der Waals surface area (Å²) in [5, 5.41) is 0. The number of hydrogen-bond acceptors (Lipinski definition) is 3. The summed E-state index contributed by atoms with van der Waals surface area (Å²) < 4.78 is 4.83. The molecule has 0 saturated carbocycles. The summed E-state index contributed by atoms with van der Waals surface area (Å²) in [6, 6.07) is 0. The summed E-state index contributed by atoms with van der Waals surface area (Å²) in [5.41, 5.74) is 2.34. The Morgan fingerprint density at radius 1 is 1.73 bits per heavy atom. The maximum absolute atomic E-state index is 10.5. The van der Waals surface area contributed by atoms with E-state index in [0.29, 0.717) is 13.2 Å². The normalized spacial score (nSPS) is 15.5. The number of halogens is 1. The zero-order chi connectivity index (χ0) is 11.3. The van der Waals surface area contributed by atoms with E-state index < -0.39 is 4.88 Å². The fourth-order valence-electron chi connectivity index (χ4n) is 1.35. The van der Waals surface area contributed by atoms with Crippen LogP contribution >= 0.6 is 15.9 Å². The first-order valence-electron chi connectivity index (χ1n) is 4.70. The molecule has 1 rings (SSSR count). The Hall–Kier alpha value is -1.03. The van der Waals surface area contributed by atoms with Crippen LogP contribution in [0.4, 0.5) is 4.79 Å². The standard InChI is InChI=1S/C11H14BrNO2/c1-3-10-5-4-9(2)13(8-10)6-7-15-11(12)14/h3-5H,1,6-8H2,2H3. The van der Waals surface area contributed by atoms with Crippen molar-refractivity contribution in [1.29, 1.82) is 0 Å². The van der Waals surface area contributed by atoms with Crippen LogP contribution in [-0.4, -0.2) is 29.5 Å². The van der Waals surface area contributed by atoms with Crippen molar-refractivity contribution in [3.8, 4) is 0 Å². The van der Waals surface area contributed by atoms with Crippen LogP contribution in [0.25, 0.3) is 0 Å². The Balaban J connectivity index is 2.43. The minimum atomic E-state index is -0.416. The smallest absolute Gasteiger partial charge is 0.374 e. The van der Waals surface area contributed by atoms with E-state index in [9.17, 15) is 4.79 Å². The molecule has 15 heavy (non-hydrogen) atoms. The second-order valence-electron chi connectivity index (χ2n) is 3.26. The second kappa shape index (κ2) is 5.75. The van der Waals surface area contributed by atoms with Crippen molar-refractivity contribution in [3.63, 3.8) is 0 Å². The summed E-state index contributed by atoms with van der Waals surface area (Å²) in [5.74, 6) is 0. The van der Waals surface area contributed by atoms with Crippen molar-refractivity contribution >= 4 is 20.8 Å². The lowest BCUT2D eigenvalue weighted by Gasteiger charge is -2.28. The third-order valence-electron chi connectivity index (χ3n) is 2.25. The van der Waals surface area contributed by atoms with Gasteiger partial charge in [-0.3, -0.25) is 0 Å². The molecular formula is C11H14BrNO2. The van der Waals surface area contributed by atoms with Crippen LogP contribution in [0.5, 0.6) is 0 Å². The van der Waals surface area contributed by atoms with Crippen molar-refractivity contribution in [2.45, 2.75) is 6.92 Å². The summed E-state index contributed by atoms with van der Waals surface area (Å²) in [4.78, 5) is 12.3. The minimum absolute atomic E-state index is 0.389. The summed E-state index contributed by atoms with van der Waals surface area (Å²) in [6.07, 6.45) is 5.93. The van der Waals surface area contributed by atoms with Gasteiger partial charge in [-0.1, -0.05) is 18.7 Å². The van der Waals surface area contributed by atoms with E-state index >= 15 is 0 Å². The van der Waals surface area contributed by atoms with Gasteiger partial charge >= 0.3 is 4.88 Å². The van der Waals surface area contributed by atoms with E-state index in [1.54, 1.807) is 0 Å². The van der Waals surface area contributed by atoms with Crippen LogP contribution in [0.2, 0.25) is 0 Å². The van der Waals surface area contributed by atoms with E-state index in [1.165, 1.54) is 11.3 Å². The monoisotopic (exact) mass is 271 g/mol. The van der Waals surface area contributed by atoms with Crippen LogP contribution in [0.15, 0.2) is 36.1 Å². The number of rotatable bonds is 4. The molecule has 1 heterocycles. The molecule has 82 valence electrons. The average Bonchev–Trinajstić information content (AvgIpc) is 2.20. The highest BCUT2D eigenvalue weighted by atomic mass is 79.9. The molecule has 0 saturated heterocycles. The first-order valence-corrected chi connectivity index (χ1v) is 5.50. The van der Waals surface area contributed by atoms with Crippen LogP contribution < -0.4 is 0 Å². The van der Waals surface area contributed by atoms with Gasteiger partial charge in [-0.05, 0) is 18.6 Å². The molecule has 0 aromatic rings. The third kappa shape index (κ3) is 3.91. The van der Waals surface area contributed by atoms with E-state index in [4.69, 9.17) is 4.74 Å². The first-order chi connectivity index (χ1) is 7.13. The molecule has 0 amide bonds. The van der Waals surface area contributed by atoms with Crippen molar-refractivity contribution in [2.24, 2.45) is 0 Å². The van der Waals surface area contributed by atoms with E-state index in [-0.39, 0.29) is 0 Å². The van der Waals surface area contributed by atoms with Crippen LogP contribution in [0.1, 0.15) is 6.92 Å². The maximum Gasteiger partial charge on any atom is 0.374 e. The quantitative estimate of drug-likeness (QED) is 0.737. The Morgan fingerprint density at radius 2 is 2.47 bits per heavy atom. The fourth-order valence-corrected chi connectivity index (χ4v) is 1.52. The number of hydrogen-bond donors (Lipinski definition) is 0. The van der Waals surface area contributed by atoms with E-state index in [1.807, 2.05) is 19.1 Å². The molecule has 0 N–H and O–H groups in total. The molecule has 3 nitrogen and oxygen atoms in total. The molecule has 0 bridgehead atoms. The highest BCUT2D eigenvalue weighted by Crippen LogP contribution is 2.14. The Kier molecular flexibility index (Phi) is 4.62. The molecule has 1 aliphatic heterocycles. The van der Waals surface area contributed by atoms with Crippen LogP contribution in [0, 0.1) is 0 Å². The zero-order valence-electron chi connectivity index (χ0n) is 8.70. The predicted molar refractivity (Wildman–Crippen MR) is 63.9 cm³/mol. The SMILES string of the molecule is C=CC1=CC=C(C)N(CCOC(=O)Br)C1. The second-order valence-corrected chi connectivity index (χ2v) is 3.91. The average molecular weight is 272 g/mol. The zero-order valence-corrected chi connectivity index (χ0v) is 10.3. The van der Waals surface area contributed by atoms with Gasteiger partial charge < -0.3 is 9.64 Å². The summed E-state index contributed by atoms with van der Waals surface area (Å²) >= 11 is 2.72. The molecule has 0 aromatic heterocycles. The number of ether oxygens (including phenoxy) is 1. The van der Waals surface area contributed by atoms with Gasteiger partial charge in [-0.2, -0.15) is 0 Å². The highest BCUT2D eigenvalue weighted by Gasteiger charge is 2.10. The molecule has 0 unspecified atom stereocenters. The van der Waals surface area contributed by atoms with Crippen molar-refractivity contribution in [3.05, 3.63) is 36.1 Å². The number of nitrogens with zero attached hydrogens (tertiary/aromatic N) is 1. The lowest BCUT2D eigenvalue weighted by atomic mass is 10.1.